The number of hydrogen-bond acceptors (Lipinski definition) is 7. The first-order valence-electron chi connectivity index (χ1n) is 8.80. The van der Waals surface area contributed by atoms with Crippen molar-refractivity contribution < 1.29 is 19.1 Å². The molecule has 3 rings (SSSR count). The highest BCUT2D eigenvalue weighted by Crippen LogP contribution is 2.40. The van der Waals surface area contributed by atoms with E-state index in [-0.39, 0.29) is 24.0 Å². The third-order valence-electron chi connectivity index (χ3n) is 4.19. The van der Waals surface area contributed by atoms with Gasteiger partial charge in [0.25, 0.3) is 0 Å². The zero-order valence-corrected chi connectivity index (χ0v) is 16.2. The Labute approximate surface area is 166 Å². The van der Waals surface area contributed by atoms with E-state index in [2.05, 4.69) is 20.3 Å². The lowest BCUT2D eigenvalue weighted by atomic mass is 10.2. The summed E-state index contributed by atoms with van der Waals surface area (Å²) in [5.74, 6) is 0.320. The predicted octanol–water partition coefficient (Wildman–Crippen LogP) is 1.55. The van der Waals surface area contributed by atoms with Gasteiger partial charge in [0.05, 0.1) is 18.4 Å². The third-order valence-corrected chi connectivity index (χ3v) is 5.16. The number of rotatable bonds is 9. The number of esters is 1. The number of ether oxygens (including phenoxy) is 1. The van der Waals surface area contributed by atoms with Gasteiger partial charge in [-0.2, -0.15) is 0 Å². The van der Waals surface area contributed by atoms with E-state index in [1.54, 1.807) is 24.3 Å². The number of methoxy groups -OCH3 is 1. The van der Waals surface area contributed by atoms with Gasteiger partial charge >= 0.3 is 5.97 Å². The van der Waals surface area contributed by atoms with Crippen LogP contribution >= 0.6 is 11.8 Å². The number of thioether (sulfide) groups is 1. The molecule has 2 amide bonds. The molecule has 1 heterocycles. The minimum Gasteiger partial charge on any atom is -0.465 e. The van der Waals surface area contributed by atoms with Crippen LogP contribution in [0.4, 0.5) is 5.69 Å². The zero-order chi connectivity index (χ0) is 20.1. The Morgan fingerprint density at radius 2 is 1.96 bits per heavy atom. The highest BCUT2D eigenvalue weighted by atomic mass is 32.2. The van der Waals surface area contributed by atoms with E-state index in [1.807, 2.05) is 4.57 Å². The van der Waals surface area contributed by atoms with Crippen LogP contribution in [-0.4, -0.2) is 45.4 Å². The summed E-state index contributed by atoms with van der Waals surface area (Å²) in [4.78, 5) is 34.8. The highest BCUT2D eigenvalue weighted by Gasteiger charge is 2.30. The van der Waals surface area contributed by atoms with Crippen molar-refractivity contribution in [1.29, 1.82) is 0 Å². The number of amides is 2. The maximum Gasteiger partial charge on any atom is 0.337 e. The van der Waals surface area contributed by atoms with E-state index >= 15 is 0 Å². The molecule has 10 heteroatoms. The van der Waals surface area contributed by atoms with Crippen LogP contribution in [0.15, 0.2) is 29.4 Å². The molecule has 28 heavy (non-hydrogen) atoms. The number of nitrogens with zero attached hydrogens (tertiary/aromatic N) is 3. The van der Waals surface area contributed by atoms with Gasteiger partial charge in [-0.3, -0.25) is 9.59 Å². The van der Waals surface area contributed by atoms with Crippen LogP contribution in [0.25, 0.3) is 0 Å². The smallest absolute Gasteiger partial charge is 0.337 e. The van der Waals surface area contributed by atoms with Crippen molar-refractivity contribution in [2.24, 2.45) is 5.73 Å². The maximum atomic E-state index is 12.2. The molecule has 1 aliphatic carbocycles. The first-order chi connectivity index (χ1) is 13.5. The Balaban J connectivity index is 1.58. The minimum absolute atomic E-state index is 0.137. The topological polar surface area (TPSA) is 129 Å². The van der Waals surface area contributed by atoms with Gasteiger partial charge in [-0.25, -0.2) is 4.79 Å². The molecule has 0 aliphatic heterocycles. The summed E-state index contributed by atoms with van der Waals surface area (Å²) in [6.07, 6.45) is 2.31. The van der Waals surface area contributed by atoms with E-state index in [4.69, 9.17) is 5.73 Å². The van der Waals surface area contributed by atoms with Crippen molar-refractivity contribution in [2.75, 3.05) is 18.2 Å². The first-order valence-corrected chi connectivity index (χ1v) is 9.79. The predicted molar refractivity (Wildman–Crippen MR) is 103 cm³/mol. The molecular formula is C18H21N5O4S. The minimum atomic E-state index is -0.435. The SMILES string of the molecule is COC(=O)c1ccc(NC(=O)CSc2nnc(C3CC3)n2CCC(N)=O)cc1. The fourth-order valence-electron chi connectivity index (χ4n) is 2.62. The average Bonchev–Trinajstić information content (AvgIpc) is 3.45. The third kappa shape index (κ3) is 5.10. The molecular weight excluding hydrogens is 382 g/mol. The van der Waals surface area contributed by atoms with Crippen molar-refractivity contribution >= 4 is 35.2 Å². The van der Waals surface area contributed by atoms with Gasteiger partial charge in [-0.05, 0) is 37.1 Å². The van der Waals surface area contributed by atoms with Gasteiger partial charge in [0.1, 0.15) is 5.82 Å². The molecule has 1 aromatic carbocycles. The number of anilines is 1. The number of nitrogens with one attached hydrogen (secondary N) is 1. The van der Waals surface area contributed by atoms with Gasteiger partial charge in [0.2, 0.25) is 11.8 Å². The van der Waals surface area contributed by atoms with Gasteiger partial charge in [-0.1, -0.05) is 11.8 Å². The summed E-state index contributed by atoms with van der Waals surface area (Å²) in [7, 11) is 1.31. The normalized spacial score (nSPS) is 13.2. The van der Waals surface area contributed by atoms with Crippen molar-refractivity contribution in [2.45, 2.75) is 36.9 Å². The Morgan fingerprint density at radius 1 is 1.25 bits per heavy atom. The van der Waals surface area contributed by atoms with Crippen molar-refractivity contribution in [1.82, 2.24) is 14.8 Å². The molecule has 0 unspecified atom stereocenters. The van der Waals surface area contributed by atoms with Crippen molar-refractivity contribution in [3.8, 4) is 0 Å². The lowest BCUT2D eigenvalue weighted by Crippen LogP contribution is -2.17. The van der Waals surface area contributed by atoms with Crippen LogP contribution in [0.2, 0.25) is 0 Å². The molecule has 1 saturated carbocycles. The number of carbonyl (C=O) groups is 3. The number of benzene rings is 1. The molecule has 0 atom stereocenters. The molecule has 0 saturated heterocycles. The molecule has 148 valence electrons. The van der Waals surface area contributed by atoms with Gasteiger partial charge < -0.3 is 20.4 Å². The van der Waals surface area contributed by atoms with Gasteiger partial charge in [0.15, 0.2) is 5.16 Å². The summed E-state index contributed by atoms with van der Waals surface area (Å²) < 4.78 is 6.52. The van der Waals surface area contributed by atoms with E-state index in [1.165, 1.54) is 18.9 Å². The van der Waals surface area contributed by atoms with Crippen molar-refractivity contribution in [3.05, 3.63) is 35.7 Å². The summed E-state index contributed by atoms with van der Waals surface area (Å²) in [6.45, 7) is 0.410. The van der Waals surface area contributed by atoms with Crippen LogP contribution in [-0.2, 0) is 20.9 Å². The zero-order valence-electron chi connectivity index (χ0n) is 15.4. The Hall–Kier alpha value is -2.88. The van der Waals surface area contributed by atoms with E-state index in [0.29, 0.717) is 28.9 Å². The second-order valence-electron chi connectivity index (χ2n) is 6.39. The van der Waals surface area contributed by atoms with Gasteiger partial charge in [-0.15, -0.1) is 10.2 Å². The molecule has 0 radical (unpaired) electrons. The molecule has 1 aliphatic rings. The highest BCUT2D eigenvalue weighted by molar-refractivity contribution is 7.99. The average molecular weight is 403 g/mol. The summed E-state index contributed by atoms with van der Waals surface area (Å²) >= 11 is 1.25. The second kappa shape index (κ2) is 8.87. The monoisotopic (exact) mass is 403 g/mol. The maximum absolute atomic E-state index is 12.2. The number of carbonyl (C=O) groups excluding carboxylic acids is 3. The molecule has 0 spiro atoms. The molecule has 1 fully saturated rings. The molecule has 0 bridgehead atoms. The Kier molecular flexibility index (Phi) is 6.30. The molecule has 1 aromatic heterocycles. The largest absolute Gasteiger partial charge is 0.465 e. The summed E-state index contributed by atoms with van der Waals surface area (Å²) in [5.41, 5.74) is 6.24. The second-order valence-corrected chi connectivity index (χ2v) is 7.33. The fourth-order valence-corrected chi connectivity index (χ4v) is 3.39. The fraction of sp³-hybridized carbons (Fsp3) is 0.389. The first kappa shape index (κ1) is 19.9. The standard InChI is InChI=1S/C18H21N5O4S/c1-27-17(26)12-4-6-13(7-5-12)20-15(25)10-28-18-22-21-16(11-2-3-11)23(18)9-8-14(19)24/h4-7,11H,2-3,8-10H2,1H3,(H2,19,24)(H,20,25). The molecule has 9 nitrogen and oxygen atoms in total. The summed E-state index contributed by atoms with van der Waals surface area (Å²) in [6, 6.07) is 6.43. The van der Waals surface area contributed by atoms with Crippen molar-refractivity contribution in [3.63, 3.8) is 0 Å². The van der Waals surface area contributed by atoms with Crippen LogP contribution in [0, 0.1) is 0 Å². The van der Waals surface area contributed by atoms with Crippen LogP contribution in [0.5, 0.6) is 0 Å². The van der Waals surface area contributed by atoms with E-state index in [0.717, 1.165) is 18.7 Å². The number of hydrogen-bond donors (Lipinski definition) is 2. The lowest BCUT2D eigenvalue weighted by molar-refractivity contribution is -0.118. The van der Waals surface area contributed by atoms with E-state index in [9.17, 15) is 14.4 Å². The number of nitrogens with two attached hydrogens (primary N) is 1. The van der Waals surface area contributed by atoms with Crippen LogP contribution in [0.3, 0.4) is 0 Å². The summed E-state index contributed by atoms with van der Waals surface area (Å²) in [5, 5.41) is 11.7. The molecule has 2 aromatic rings. The lowest BCUT2D eigenvalue weighted by Gasteiger charge is -2.09. The van der Waals surface area contributed by atoms with Crippen LogP contribution in [0.1, 0.15) is 41.4 Å². The quantitative estimate of drug-likeness (QED) is 0.480. The molecule has 3 N–H and O–H groups in total. The van der Waals surface area contributed by atoms with E-state index < -0.39 is 5.97 Å². The number of aromatic nitrogens is 3. The number of primary amides is 1. The Morgan fingerprint density at radius 3 is 2.57 bits per heavy atom. The Bertz CT molecular complexity index is 877. The van der Waals surface area contributed by atoms with Gasteiger partial charge in [0, 0.05) is 24.6 Å². The van der Waals surface area contributed by atoms with Crippen LogP contribution < -0.4 is 11.1 Å².